The Morgan fingerprint density at radius 2 is 1.69 bits per heavy atom. The summed E-state index contributed by atoms with van der Waals surface area (Å²) in [5.74, 6) is 0.367. The quantitative estimate of drug-likeness (QED) is 0.272. The van der Waals surface area contributed by atoms with Crippen LogP contribution in [0.2, 0.25) is 0 Å². The van der Waals surface area contributed by atoms with E-state index in [2.05, 4.69) is 20.8 Å². The Balaban J connectivity index is 1.24. The van der Waals surface area contributed by atoms with E-state index in [9.17, 15) is 9.59 Å². The number of amides is 2. The van der Waals surface area contributed by atoms with E-state index in [0.717, 1.165) is 22.2 Å². The number of aromatic nitrogens is 1. The zero-order valence-corrected chi connectivity index (χ0v) is 20.0. The number of aryl methyl sites for hydroxylation is 2. The van der Waals surface area contributed by atoms with Gasteiger partial charge in [0.2, 0.25) is 0 Å². The van der Waals surface area contributed by atoms with Gasteiger partial charge in [0, 0.05) is 17.3 Å². The molecule has 0 spiro atoms. The van der Waals surface area contributed by atoms with E-state index < -0.39 is 5.91 Å². The van der Waals surface area contributed by atoms with Gasteiger partial charge in [-0.1, -0.05) is 36.4 Å². The number of hydrazone groups is 1. The average molecular weight is 483 g/mol. The molecule has 4 rings (SSSR count). The molecule has 8 heteroatoms. The number of ether oxygens (including phenoxy) is 2. The number of pyridine rings is 1. The summed E-state index contributed by atoms with van der Waals surface area (Å²) in [6.45, 7) is 3.67. The highest BCUT2D eigenvalue weighted by atomic mass is 16.5. The van der Waals surface area contributed by atoms with Crippen LogP contribution in [-0.2, 0) is 9.59 Å². The smallest absolute Gasteiger partial charge is 0.277 e. The number of benzene rings is 3. The fourth-order valence-electron chi connectivity index (χ4n) is 3.40. The van der Waals surface area contributed by atoms with Crippen LogP contribution in [0, 0.1) is 13.8 Å². The number of para-hydroxylation sites is 1. The minimum atomic E-state index is -0.408. The number of carbonyl (C=O) groups is 2. The number of fused-ring (bicyclic) bond motifs is 1. The van der Waals surface area contributed by atoms with Crippen LogP contribution >= 0.6 is 0 Å². The summed E-state index contributed by atoms with van der Waals surface area (Å²) in [6, 6.07) is 22.1. The average Bonchev–Trinajstić information content (AvgIpc) is 2.88. The van der Waals surface area contributed by atoms with Crippen molar-refractivity contribution in [2.45, 2.75) is 13.8 Å². The molecular formula is C28H26N4O4. The Bertz CT molecular complexity index is 1410. The van der Waals surface area contributed by atoms with Crippen molar-refractivity contribution in [3.8, 4) is 11.5 Å². The SMILES string of the molecule is Cc1ccc(NC(=O)COc2cccc(/C=N\NC(=O)COc3cccc4cccnc34)c2)cc1C. The number of hydrogen-bond donors (Lipinski definition) is 2. The lowest BCUT2D eigenvalue weighted by Gasteiger charge is -2.09. The normalized spacial score (nSPS) is 10.8. The van der Waals surface area contributed by atoms with Crippen molar-refractivity contribution in [3.63, 3.8) is 0 Å². The Hall–Kier alpha value is -4.72. The van der Waals surface area contributed by atoms with Gasteiger partial charge in [0.25, 0.3) is 11.8 Å². The molecule has 1 heterocycles. The van der Waals surface area contributed by atoms with E-state index in [4.69, 9.17) is 9.47 Å². The van der Waals surface area contributed by atoms with Crippen LogP contribution in [0.1, 0.15) is 16.7 Å². The Labute approximate surface area is 209 Å². The summed E-state index contributed by atoms with van der Waals surface area (Å²) < 4.78 is 11.2. The van der Waals surface area contributed by atoms with Crippen molar-refractivity contribution in [1.29, 1.82) is 0 Å². The molecule has 0 atom stereocenters. The van der Waals surface area contributed by atoms with Gasteiger partial charge in [0.1, 0.15) is 17.0 Å². The largest absolute Gasteiger partial charge is 0.484 e. The third kappa shape index (κ3) is 6.66. The second-order valence-corrected chi connectivity index (χ2v) is 8.12. The third-order valence-electron chi connectivity index (χ3n) is 5.38. The highest BCUT2D eigenvalue weighted by Crippen LogP contribution is 2.22. The first kappa shape index (κ1) is 24.4. The minimum Gasteiger partial charge on any atom is -0.484 e. The van der Waals surface area contributed by atoms with Crippen LogP contribution in [0.15, 0.2) is 84.1 Å². The summed E-state index contributed by atoms with van der Waals surface area (Å²) in [4.78, 5) is 28.7. The highest BCUT2D eigenvalue weighted by molar-refractivity contribution is 5.92. The lowest BCUT2D eigenvalue weighted by atomic mass is 10.1. The maximum Gasteiger partial charge on any atom is 0.277 e. The van der Waals surface area contributed by atoms with E-state index >= 15 is 0 Å². The van der Waals surface area contributed by atoms with Gasteiger partial charge in [0.05, 0.1) is 6.21 Å². The van der Waals surface area contributed by atoms with Gasteiger partial charge in [-0.2, -0.15) is 5.10 Å². The van der Waals surface area contributed by atoms with Crippen molar-refractivity contribution in [1.82, 2.24) is 10.4 Å². The number of nitrogens with zero attached hydrogens (tertiary/aromatic N) is 2. The molecule has 0 unspecified atom stereocenters. The van der Waals surface area contributed by atoms with Crippen LogP contribution in [-0.4, -0.2) is 36.2 Å². The molecule has 0 bridgehead atoms. The van der Waals surface area contributed by atoms with Gasteiger partial charge in [-0.05, 0) is 66.9 Å². The topological polar surface area (TPSA) is 102 Å². The Morgan fingerprint density at radius 1 is 0.889 bits per heavy atom. The summed E-state index contributed by atoms with van der Waals surface area (Å²) >= 11 is 0. The molecule has 2 amide bonds. The van der Waals surface area contributed by atoms with Crippen LogP contribution in [0.5, 0.6) is 11.5 Å². The molecule has 0 fully saturated rings. The van der Waals surface area contributed by atoms with Gasteiger partial charge in [0.15, 0.2) is 13.2 Å². The monoisotopic (exact) mass is 482 g/mol. The fourth-order valence-corrected chi connectivity index (χ4v) is 3.40. The van der Waals surface area contributed by atoms with Gasteiger partial charge in [-0.3, -0.25) is 14.6 Å². The molecule has 0 saturated carbocycles. The molecule has 8 nitrogen and oxygen atoms in total. The number of anilines is 1. The molecular weight excluding hydrogens is 456 g/mol. The van der Waals surface area contributed by atoms with Crippen LogP contribution in [0.3, 0.4) is 0 Å². The number of carbonyl (C=O) groups excluding carboxylic acids is 2. The van der Waals surface area contributed by atoms with E-state index in [1.165, 1.54) is 6.21 Å². The number of nitrogens with one attached hydrogen (secondary N) is 2. The predicted molar refractivity (Wildman–Crippen MR) is 139 cm³/mol. The molecule has 0 saturated heterocycles. The Morgan fingerprint density at radius 3 is 2.56 bits per heavy atom. The summed E-state index contributed by atoms with van der Waals surface area (Å²) in [5.41, 5.74) is 6.81. The zero-order valence-electron chi connectivity index (χ0n) is 20.0. The lowest BCUT2D eigenvalue weighted by molar-refractivity contribution is -0.123. The van der Waals surface area contributed by atoms with Crippen molar-refractivity contribution in [3.05, 3.63) is 95.7 Å². The zero-order chi connectivity index (χ0) is 25.3. The second-order valence-electron chi connectivity index (χ2n) is 8.12. The first-order valence-electron chi connectivity index (χ1n) is 11.4. The van der Waals surface area contributed by atoms with Crippen LogP contribution in [0.25, 0.3) is 10.9 Å². The van der Waals surface area contributed by atoms with E-state index in [0.29, 0.717) is 22.6 Å². The first-order chi connectivity index (χ1) is 17.5. The standard InChI is InChI=1S/C28H26N4O4/c1-19-11-12-23(14-20(19)2)31-26(33)17-35-24-9-3-6-21(15-24)16-30-32-27(34)18-36-25-10-4-7-22-8-5-13-29-28(22)25/h3-16H,17-18H2,1-2H3,(H,31,33)(H,32,34)/b30-16-. The van der Waals surface area contributed by atoms with Crippen LogP contribution < -0.4 is 20.2 Å². The number of rotatable bonds is 9. The summed E-state index contributed by atoms with van der Waals surface area (Å²) in [5, 5.41) is 7.72. The second kappa shape index (κ2) is 11.6. The van der Waals surface area contributed by atoms with Gasteiger partial charge < -0.3 is 14.8 Å². The molecule has 0 aliphatic rings. The maximum atomic E-state index is 12.2. The van der Waals surface area contributed by atoms with Gasteiger partial charge >= 0.3 is 0 Å². The molecule has 0 aliphatic heterocycles. The molecule has 36 heavy (non-hydrogen) atoms. The van der Waals surface area contributed by atoms with Crippen molar-refractivity contribution in [2.75, 3.05) is 18.5 Å². The van der Waals surface area contributed by atoms with E-state index in [-0.39, 0.29) is 19.1 Å². The Kier molecular flexibility index (Phi) is 7.87. The van der Waals surface area contributed by atoms with Crippen LogP contribution in [0.4, 0.5) is 5.69 Å². The molecule has 4 aromatic rings. The molecule has 2 N–H and O–H groups in total. The van der Waals surface area contributed by atoms with Gasteiger partial charge in [-0.25, -0.2) is 5.43 Å². The molecule has 0 aliphatic carbocycles. The highest BCUT2D eigenvalue weighted by Gasteiger charge is 2.07. The molecule has 3 aromatic carbocycles. The number of hydrogen-bond acceptors (Lipinski definition) is 6. The first-order valence-corrected chi connectivity index (χ1v) is 11.4. The van der Waals surface area contributed by atoms with E-state index in [1.807, 2.05) is 56.3 Å². The van der Waals surface area contributed by atoms with Crippen molar-refractivity contribution < 1.29 is 19.1 Å². The van der Waals surface area contributed by atoms with Gasteiger partial charge in [-0.15, -0.1) is 0 Å². The maximum absolute atomic E-state index is 12.2. The fraction of sp³-hybridized carbons (Fsp3) is 0.143. The van der Waals surface area contributed by atoms with Crippen molar-refractivity contribution in [2.24, 2.45) is 5.10 Å². The molecule has 0 radical (unpaired) electrons. The molecule has 1 aromatic heterocycles. The summed E-state index contributed by atoms with van der Waals surface area (Å²) in [7, 11) is 0. The molecule has 182 valence electrons. The van der Waals surface area contributed by atoms with E-state index in [1.54, 1.807) is 36.5 Å². The van der Waals surface area contributed by atoms with Crippen molar-refractivity contribution >= 4 is 34.6 Å². The summed E-state index contributed by atoms with van der Waals surface area (Å²) in [6.07, 6.45) is 3.16. The third-order valence-corrected chi connectivity index (χ3v) is 5.38. The minimum absolute atomic E-state index is 0.134. The lowest BCUT2D eigenvalue weighted by Crippen LogP contribution is -2.24. The predicted octanol–water partition coefficient (Wildman–Crippen LogP) is 4.40.